The maximum Gasteiger partial charge on any atom is 0.345 e. The molecule has 0 saturated heterocycles. The molecule has 0 aliphatic carbocycles. The molecule has 0 aliphatic heterocycles. The summed E-state index contributed by atoms with van der Waals surface area (Å²) in [5, 5.41) is 12.2. The number of aromatic carboxylic acids is 1. The molecule has 0 fully saturated rings. The number of anilines is 1. The summed E-state index contributed by atoms with van der Waals surface area (Å²) in [6, 6.07) is 7.91. The molecule has 1 aromatic carbocycles. The monoisotopic (exact) mass is 359 g/mol. The summed E-state index contributed by atoms with van der Waals surface area (Å²) in [6.07, 6.45) is 0. The molecule has 0 bridgehead atoms. The van der Waals surface area contributed by atoms with Gasteiger partial charge in [-0.1, -0.05) is 27.5 Å². The second-order valence-electron chi connectivity index (χ2n) is 3.55. The Labute approximate surface area is 126 Å². The number of hydrogen-bond donors (Lipinski definition) is 2. The molecular formula is C12H7BrClNO3S. The molecule has 2 rings (SSSR count). The maximum absolute atomic E-state index is 12.0. The van der Waals surface area contributed by atoms with Gasteiger partial charge in [-0.2, -0.15) is 0 Å². The van der Waals surface area contributed by atoms with E-state index in [-0.39, 0.29) is 10.8 Å². The topological polar surface area (TPSA) is 66.4 Å². The van der Waals surface area contributed by atoms with Gasteiger partial charge in [0, 0.05) is 4.47 Å². The van der Waals surface area contributed by atoms with E-state index < -0.39 is 5.97 Å². The Morgan fingerprint density at radius 1 is 1.26 bits per heavy atom. The van der Waals surface area contributed by atoms with Gasteiger partial charge in [0.15, 0.2) is 0 Å². The Bertz CT molecular complexity index is 656. The van der Waals surface area contributed by atoms with Crippen molar-refractivity contribution in [2.24, 2.45) is 0 Å². The average molecular weight is 361 g/mol. The summed E-state index contributed by atoms with van der Waals surface area (Å²) in [6.45, 7) is 0. The van der Waals surface area contributed by atoms with Crippen LogP contribution < -0.4 is 5.32 Å². The summed E-state index contributed by atoms with van der Waals surface area (Å²) in [5.74, 6) is -1.41. The van der Waals surface area contributed by atoms with Crippen LogP contribution in [0, 0.1) is 0 Å². The van der Waals surface area contributed by atoms with E-state index in [1.807, 2.05) is 0 Å². The number of amides is 1. The molecule has 0 radical (unpaired) electrons. The lowest BCUT2D eigenvalue weighted by molar-refractivity contribution is 0.0702. The molecule has 4 nitrogen and oxygen atoms in total. The molecule has 1 heterocycles. The van der Waals surface area contributed by atoms with Crippen LogP contribution in [-0.4, -0.2) is 17.0 Å². The SMILES string of the molecule is O=C(O)c1ccc(NC(=O)c2cc(Br)ccc2Cl)s1. The number of hydrogen-bond acceptors (Lipinski definition) is 3. The van der Waals surface area contributed by atoms with Crippen LogP contribution in [0.25, 0.3) is 0 Å². The first-order chi connectivity index (χ1) is 8.97. The molecule has 98 valence electrons. The van der Waals surface area contributed by atoms with Crippen LogP contribution in [0.3, 0.4) is 0 Å². The zero-order chi connectivity index (χ0) is 14.0. The fourth-order valence-corrected chi connectivity index (χ4v) is 2.68. The van der Waals surface area contributed by atoms with Gasteiger partial charge in [0.25, 0.3) is 5.91 Å². The summed E-state index contributed by atoms with van der Waals surface area (Å²) < 4.78 is 0.736. The Kier molecular flexibility index (Phi) is 4.24. The van der Waals surface area contributed by atoms with Crippen molar-refractivity contribution in [2.75, 3.05) is 5.32 Å². The molecular weight excluding hydrogens is 354 g/mol. The van der Waals surface area contributed by atoms with Gasteiger partial charge in [-0.15, -0.1) is 11.3 Å². The quantitative estimate of drug-likeness (QED) is 0.865. The van der Waals surface area contributed by atoms with Gasteiger partial charge in [-0.25, -0.2) is 4.79 Å². The summed E-state index contributed by atoms with van der Waals surface area (Å²) >= 11 is 10.2. The number of rotatable bonds is 3. The second kappa shape index (κ2) is 5.73. The van der Waals surface area contributed by atoms with Crippen molar-refractivity contribution < 1.29 is 14.7 Å². The number of carboxylic acid groups (broad SMARTS) is 1. The second-order valence-corrected chi connectivity index (χ2v) is 5.95. The minimum atomic E-state index is -1.02. The Hall–Kier alpha value is -1.37. The minimum absolute atomic E-state index is 0.163. The van der Waals surface area contributed by atoms with Crippen LogP contribution in [0.5, 0.6) is 0 Å². The van der Waals surface area contributed by atoms with Crippen molar-refractivity contribution in [2.45, 2.75) is 0 Å². The number of thiophene rings is 1. The average Bonchev–Trinajstić information content (AvgIpc) is 2.80. The zero-order valence-electron chi connectivity index (χ0n) is 9.31. The van der Waals surface area contributed by atoms with Crippen LogP contribution >= 0.6 is 38.9 Å². The van der Waals surface area contributed by atoms with Gasteiger partial charge in [0.1, 0.15) is 4.88 Å². The first-order valence-corrected chi connectivity index (χ1v) is 7.05. The molecule has 0 saturated carbocycles. The van der Waals surface area contributed by atoms with Gasteiger partial charge in [-0.05, 0) is 30.3 Å². The summed E-state index contributed by atoms with van der Waals surface area (Å²) in [5.41, 5.74) is 0.321. The number of carboxylic acids is 1. The highest BCUT2D eigenvalue weighted by Gasteiger charge is 2.13. The highest BCUT2D eigenvalue weighted by molar-refractivity contribution is 9.10. The summed E-state index contributed by atoms with van der Waals surface area (Å²) in [4.78, 5) is 22.9. The molecule has 1 amide bonds. The fraction of sp³-hybridized carbons (Fsp3) is 0. The van der Waals surface area contributed by atoms with Gasteiger partial charge in [-0.3, -0.25) is 4.79 Å². The minimum Gasteiger partial charge on any atom is -0.477 e. The smallest absolute Gasteiger partial charge is 0.345 e. The lowest BCUT2D eigenvalue weighted by Crippen LogP contribution is -2.11. The van der Waals surface area contributed by atoms with E-state index in [0.717, 1.165) is 15.8 Å². The van der Waals surface area contributed by atoms with Crippen molar-refractivity contribution >= 4 is 55.7 Å². The van der Waals surface area contributed by atoms with E-state index in [2.05, 4.69) is 21.2 Å². The van der Waals surface area contributed by atoms with Crippen LogP contribution in [0.15, 0.2) is 34.8 Å². The molecule has 0 atom stereocenters. The lowest BCUT2D eigenvalue weighted by atomic mass is 10.2. The highest BCUT2D eigenvalue weighted by Crippen LogP contribution is 2.25. The zero-order valence-corrected chi connectivity index (χ0v) is 12.5. The molecule has 19 heavy (non-hydrogen) atoms. The largest absolute Gasteiger partial charge is 0.477 e. The number of halogens is 2. The Morgan fingerprint density at radius 2 is 2.00 bits per heavy atom. The number of carbonyl (C=O) groups is 2. The maximum atomic E-state index is 12.0. The number of nitrogens with one attached hydrogen (secondary N) is 1. The predicted molar refractivity (Wildman–Crippen MR) is 78.4 cm³/mol. The first-order valence-electron chi connectivity index (χ1n) is 5.07. The van der Waals surface area contributed by atoms with Crippen molar-refractivity contribution in [1.82, 2.24) is 0 Å². The molecule has 1 aromatic heterocycles. The van der Waals surface area contributed by atoms with E-state index in [4.69, 9.17) is 16.7 Å². The van der Waals surface area contributed by atoms with E-state index in [1.54, 1.807) is 18.2 Å². The molecule has 7 heteroatoms. The fourth-order valence-electron chi connectivity index (χ4n) is 1.37. The van der Waals surface area contributed by atoms with Crippen LogP contribution in [0.2, 0.25) is 5.02 Å². The van der Waals surface area contributed by atoms with Crippen LogP contribution in [0.1, 0.15) is 20.0 Å². The third kappa shape index (κ3) is 3.34. The third-order valence-electron chi connectivity index (χ3n) is 2.23. The molecule has 0 unspecified atom stereocenters. The van der Waals surface area contributed by atoms with Gasteiger partial charge >= 0.3 is 5.97 Å². The first kappa shape index (κ1) is 14.0. The number of benzene rings is 1. The molecule has 0 aliphatic rings. The van der Waals surface area contributed by atoms with Gasteiger partial charge in [0.2, 0.25) is 0 Å². The van der Waals surface area contributed by atoms with E-state index in [0.29, 0.717) is 15.6 Å². The Balaban J connectivity index is 2.20. The summed E-state index contributed by atoms with van der Waals surface area (Å²) in [7, 11) is 0. The Morgan fingerprint density at radius 3 is 2.63 bits per heavy atom. The standard InChI is InChI=1S/C12H7BrClNO3S/c13-6-1-2-8(14)7(5-6)11(16)15-10-4-3-9(19-10)12(17)18/h1-5H,(H,15,16)(H,17,18). The van der Waals surface area contributed by atoms with Crippen LogP contribution in [0.4, 0.5) is 5.00 Å². The van der Waals surface area contributed by atoms with Crippen LogP contribution in [-0.2, 0) is 0 Å². The van der Waals surface area contributed by atoms with E-state index in [9.17, 15) is 9.59 Å². The predicted octanol–water partition coefficient (Wildman–Crippen LogP) is 4.11. The molecule has 2 aromatic rings. The van der Waals surface area contributed by atoms with Gasteiger partial charge in [0.05, 0.1) is 15.6 Å². The molecule has 0 spiro atoms. The van der Waals surface area contributed by atoms with E-state index >= 15 is 0 Å². The van der Waals surface area contributed by atoms with Crippen molar-refractivity contribution in [3.8, 4) is 0 Å². The highest BCUT2D eigenvalue weighted by atomic mass is 79.9. The van der Waals surface area contributed by atoms with Gasteiger partial charge < -0.3 is 10.4 Å². The van der Waals surface area contributed by atoms with E-state index in [1.165, 1.54) is 12.1 Å². The van der Waals surface area contributed by atoms with Crippen molar-refractivity contribution in [3.63, 3.8) is 0 Å². The lowest BCUT2D eigenvalue weighted by Gasteiger charge is -2.05. The third-order valence-corrected chi connectivity index (χ3v) is 4.04. The van der Waals surface area contributed by atoms with Crippen molar-refractivity contribution in [1.29, 1.82) is 0 Å². The molecule has 2 N–H and O–H groups in total. The van der Waals surface area contributed by atoms with Crippen molar-refractivity contribution in [3.05, 3.63) is 50.3 Å². The number of carbonyl (C=O) groups excluding carboxylic acids is 1. The normalized spacial score (nSPS) is 10.2.